The highest BCUT2D eigenvalue weighted by atomic mass is 16.6. The van der Waals surface area contributed by atoms with Crippen molar-refractivity contribution in [1.29, 1.82) is 0 Å². The zero-order chi connectivity index (χ0) is 19.2. The Kier molecular flexibility index (Phi) is 7.21. The lowest BCUT2D eigenvalue weighted by atomic mass is 9.99. The predicted molar refractivity (Wildman–Crippen MR) is 102 cm³/mol. The fourth-order valence-corrected chi connectivity index (χ4v) is 3.23. The summed E-state index contributed by atoms with van der Waals surface area (Å²) in [5.41, 5.74) is 0.167. The van der Waals surface area contributed by atoms with Crippen molar-refractivity contribution in [2.45, 2.75) is 65.0 Å². The molecule has 5 heteroatoms. The summed E-state index contributed by atoms with van der Waals surface area (Å²) in [6, 6.07) is 7.02. The number of Topliss-reactive ketones (excluding diaryl/α,β-unsaturated/α-hetero) is 1. The highest BCUT2D eigenvalue weighted by molar-refractivity contribution is 6.00. The molecule has 1 aromatic carbocycles. The van der Waals surface area contributed by atoms with Crippen LogP contribution in [0.5, 0.6) is 5.75 Å². The molecule has 0 N–H and O–H groups in total. The summed E-state index contributed by atoms with van der Waals surface area (Å²) in [6.45, 7) is 9.44. The van der Waals surface area contributed by atoms with Crippen molar-refractivity contribution >= 4 is 11.8 Å². The molecule has 0 amide bonds. The maximum Gasteiger partial charge on any atom is 0.344 e. The van der Waals surface area contributed by atoms with Crippen molar-refractivity contribution in [2.24, 2.45) is 0 Å². The first-order valence-corrected chi connectivity index (χ1v) is 9.53. The quantitative estimate of drug-likeness (QED) is 0.520. The number of benzene rings is 1. The summed E-state index contributed by atoms with van der Waals surface area (Å²) >= 11 is 0. The molecule has 1 aliphatic rings. The molecule has 0 aromatic heterocycles. The summed E-state index contributed by atoms with van der Waals surface area (Å²) < 4.78 is 10.7. The number of carbonyl (C=O) groups is 2. The Hall–Kier alpha value is -1.88. The molecule has 0 aliphatic carbocycles. The van der Waals surface area contributed by atoms with Crippen LogP contribution >= 0.6 is 0 Å². The van der Waals surface area contributed by atoms with Crippen LogP contribution in [0, 0.1) is 0 Å². The van der Waals surface area contributed by atoms with Gasteiger partial charge in [-0.1, -0.05) is 13.3 Å². The minimum atomic E-state index is -0.527. The highest BCUT2D eigenvalue weighted by Crippen LogP contribution is 2.21. The van der Waals surface area contributed by atoms with E-state index in [1.165, 1.54) is 12.8 Å². The maximum absolute atomic E-state index is 12.9. The van der Waals surface area contributed by atoms with Gasteiger partial charge in [0.05, 0.1) is 6.04 Å². The minimum Gasteiger partial charge on any atom is -0.482 e. The van der Waals surface area contributed by atoms with E-state index in [0.29, 0.717) is 11.3 Å². The van der Waals surface area contributed by atoms with Gasteiger partial charge in [-0.2, -0.15) is 0 Å². The summed E-state index contributed by atoms with van der Waals surface area (Å²) in [4.78, 5) is 26.9. The van der Waals surface area contributed by atoms with Crippen LogP contribution in [-0.2, 0) is 9.53 Å². The highest BCUT2D eigenvalue weighted by Gasteiger charge is 2.28. The molecule has 0 radical (unpaired) electrons. The molecule has 1 atom stereocenters. The van der Waals surface area contributed by atoms with E-state index in [1.54, 1.807) is 24.3 Å². The van der Waals surface area contributed by atoms with Crippen molar-refractivity contribution in [1.82, 2.24) is 4.90 Å². The number of hydrogen-bond acceptors (Lipinski definition) is 5. The first kappa shape index (κ1) is 20.4. The topological polar surface area (TPSA) is 55.8 Å². The third-order valence-electron chi connectivity index (χ3n) is 4.36. The number of hydrogen-bond donors (Lipinski definition) is 0. The zero-order valence-electron chi connectivity index (χ0n) is 16.4. The summed E-state index contributed by atoms with van der Waals surface area (Å²) in [7, 11) is 0. The second-order valence-corrected chi connectivity index (χ2v) is 7.81. The molecule has 1 fully saturated rings. The second-order valence-electron chi connectivity index (χ2n) is 7.81. The Bertz CT molecular complexity index is 597. The molecule has 1 unspecified atom stereocenters. The van der Waals surface area contributed by atoms with Gasteiger partial charge in [-0.25, -0.2) is 4.79 Å². The van der Waals surface area contributed by atoms with E-state index in [0.717, 1.165) is 25.9 Å². The number of ketones is 1. The Morgan fingerprint density at radius 3 is 2.27 bits per heavy atom. The summed E-state index contributed by atoms with van der Waals surface area (Å²) in [6.07, 6.45) is 4.22. The average Bonchev–Trinajstić information content (AvgIpc) is 3.10. The van der Waals surface area contributed by atoms with Gasteiger partial charge >= 0.3 is 5.97 Å². The number of rotatable bonds is 8. The van der Waals surface area contributed by atoms with E-state index in [-0.39, 0.29) is 18.4 Å². The second kappa shape index (κ2) is 9.17. The molecule has 2 rings (SSSR count). The lowest BCUT2D eigenvalue weighted by Crippen LogP contribution is -2.39. The first-order chi connectivity index (χ1) is 12.3. The van der Waals surface area contributed by atoms with Crippen LogP contribution in [0.2, 0.25) is 0 Å². The number of nitrogens with zero attached hydrogens (tertiary/aromatic N) is 1. The molecule has 1 aromatic rings. The van der Waals surface area contributed by atoms with Gasteiger partial charge in [-0.05, 0) is 77.4 Å². The SMILES string of the molecule is CCCC(C(=O)c1ccc(OCC(=O)OC(C)(C)C)cc1)N1CCCC1. The van der Waals surface area contributed by atoms with Crippen molar-refractivity contribution in [2.75, 3.05) is 19.7 Å². The zero-order valence-corrected chi connectivity index (χ0v) is 16.4. The van der Waals surface area contributed by atoms with Gasteiger partial charge in [0, 0.05) is 5.56 Å². The van der Waals surface area contributed by atoms with Gasteiger partial charge in [0.25, 0.3) is 0 Å². The van der Waals surface area contributed by atoms with Gasteiger partial charge in [0.2, 0.25) is 0 Å². The Morgan fingerprint density at radius 1 is 1.12 bits per heavy atom. The molecule has 0 spiro atoms. The van der Waals surface area contributed by atoms with Crippen LogP contribution in [0.3, 0.4) is 0 Å². The average molecular weight is 361 g/mol. The fourth-order valence-electron chi connectivity index (χ4n) is 3.23. The monoisotopic (exact) mass is 361 g/mol. The number of ether oxygens (including phenoxy) is 2. The molecule has 0 bridgehead atoms. The Labute approximate surface area is 156 Å². The normalized spacial score (nSPS) is 16.3. The number of likely N-dealkylation sites (tertiary alicyclic amines) is 1. The standard InChI is InChI=1S/C21H31NO4/c1-5-8-18(22-13-6-7-14-22)20(24)16-9-11-17(12-10-16)25-15-19(23)26-21(2,3)4/h9-12,18H,5-8,13-15H2,1-4H3. The minimum absolute atomic E-state index is 0.0315. The smallest absolute Gasteiger partial charge is 0.344 e. The van der Waals surface area contributed by atoms with Crippen LogP contribution in [0.15, 0.2) is 24.3 Å². The van der Waals surface area contributed by atoms with Crippen LogP contribution in [0.4, 0.5) is 0 Å². The van der Waals surface area contributed by atoms with E-state index in [1.807, 2.05) is 20.8 Å². The molecule has 1 saturated heterocycles. The molecule has 1 heterocycles. The van der Waals surface area contributed by atoms with E-state index in [9.17, 15) is 9.59 Å². The first-order valence-electron chi connectivity index (χ1n) is 9.53. The molecular formula is C21H31NO4. The predicted octanol–water partition coefficient (Wildman–Crippen LogP) is 3.85. The van der Waals surface area contributed by atoms with E-state index in [2.05, 4.69) is 11.8 Å². The van der Waals surface area contributed by atoms with Crippen LogP contribution in [-0.4, -0.2) is 48.0 Å². The molecule has 0 saturated carbocycles. The van der Waals surface area contributed by atoms with Crippen molar-refractivity contribution in [3.05, 3.63) is 29.8 Å². The van der Waals surface area contributed by atoms with Crippen molar-refractivity contribution in [3.63, 3.8) is 0 Å². The third-order valence-corrected chi connectivity index (χ3v) is 4.36. The lowest BCUT2D eigenvalue weighted by molar-refractivity contribution is -0.157. The molecule has 26 heavy (non-hydrogen) atoms. The number of esters is 1. The van der Waals surface area contributed by atoms with E-state index >= 15 is 0 Å². The third kappa shape index (κ3) is 6.13. The van der Waals surface area contributed by atoms with Gasteiger partial charge in [0.1, 0.15) is 11.4 Å². The largest absolute Gasteiger partial charge is 0.482 e. The van der Waals surface area contributed by atoms with Crippen molar-refractivity contribution in [3.8, 4) is 5.75 Å². The van der Waals surface area contributed by atoms with Crippen LogP contribution in [0.25, 0.3) is 0 Å². The van der Waals surface area contributed by atoms with Crippen LogP contribution < -0.4 is 4.74 Å². The van der Waals surface area contributed by atoms with Gasteiger partial charge in [-0.3, -0.25) is 9.69 Å². The van der Waals surface area contributed by atoms with Gasteiger partial charge < -0.3 is 9.47 Å². The van der Waals surface area contributed by atoms with Crippen LogP contribution in [0.1, 0.15) is 63.7 Å². The van der Waals surface area contributed by atoms with E-state index < -0.39 is 11.6 Å². The molecular weight excluding hydrogens is 330 g/mol. The molecule has 1 aliphatic heterocycles. The van der Waals surface area contributed by atoms with E-state index in [4.69, 9.17) is 9.47 Å². The summed E-state index contributed by atoms with van der Waals surface area (Å²) in [5.74, 6) is 0.322. The van der Waals surface area contributed by atoms with Crippen molar-refractivity contribution < 1.29 is 19.1 Å². The maximum atomic E-state index is 12.9. The van der Waals surface area contributed by atoms with Gasteiger partial charge in [-0.15, -0.1) is 0 Å². The Balaban J connectivity index is 1.94. The Morgan fingerprint density at radius 2 is 1.73 bits per heavy atom. The lowest BCUT2D eigenvalue weighted by Gasteiger charge is -2.26. The number of carbonyl (C=O) groups excluding carboxylic acids is 2. The molecule has 144 valence electrons. The van der Waals surface area contributed by atoms with Gasteiger partial charge in [0.15, 0.2) is 12.4 Å². The summed E-state index contributed by atoms with van der Waals surface area (Å²) in [5, 5.41) is 0. The molecule has 5 nitrogen and oxygen atoms in total. The fraction of sp³-hybridized carbons (Fsp3) is 0.619.